The first-order valence-electron chi connectivity index (χ1n) is 3.60. The molecule has 1 heterocycles. The predicted octanol–water partition coefficient (Wildman–Crippen LogP) is 2.32. The van der Waals surface area contributed by atoms with Gasteiger partial charge in [0.2, 0.25) is 0 Å². The van der Waals surface area contributed by atoms with Gasteiger partial charge >= 0.3 is 0 Å². The predicted molar refractivity (Wildman–Crippen MR) is 51.4 cm³/mol. The standard InChI is InChI=1S/C10H10N2/c1-3-5-6-10-9(4-2)7-11-8-12-10/h3-8H,1-2H2/b6-5-. The van der Waals surface area contributed by atoms with Crippen LogP contribution in [0.3, 0.4) is 0 Å². The maximum atomic E-state index is 4.07. The van der Waals surface area contributed by atoms with Crippen LogP contribution < -0.4 is 0 Å². The van der Waals surface area contributed by atoms with Crippen molar-refractivity contribution in [3.63, 3.8) is 0 Å². The molecule has 0 aliphatic rings. The van der Waals surface area contributed by atoms with Crippen molar-refractivity contribution < 1.29 is 0 Å². The maximum Gasteiger partial charge on any atom is 0.116 e. The van der Waals surface area contributed by atoms with Crippen molar-refractivity contribution >= 4 is 12.2 Å². The van der Waals surface area contributed by atoms with Gasteiger partial charge in [-0.3, -0.25) is 0 Å². The number of aromatic nitrogens is 2. The maximum absolute atomic E-state index is 4.07. The van der Waals surface area contributed by atoms with Crippen LogP contribution in [-0.2, 0) is 0 Å². The molecule has 0 amide bonds. The summed E-state index contributed by atoms with van der Waals surface area (Å²) in [4.78, 5) is 7.95. The lowest BCUT2D eigenvalue weighted by molar-refractivity contribution is 1.14. The Hall–Kier alpha value is -1.70. The van der Waals surface area contributed by atoms with Crippen LogP contribution in [0.15, 0.2) is 37.8 Å². The molecule has 1 aromatic rings. The van der Waals surface area contributed by atoms with E-state index in [2.05, 4.69) is 23.1 Å². The van der Waals surface area contributed by atoms with Crippen molar-refractivity contribution in [1.82, 2.24) is 9.97 Å². The lowest BCUT2D eigenvalue weighted by Crippen LogP contribution is -1.86. The Morgan fingerprint density at radius 3 is 2.83 bits per heavy atom. The normalized spacial score (nSPS) is 10.0. The highest BCUT2D eigenvalue weighted by Gasteiger charge is 1.93. The van der Waals surface area contributed by atoms with Crippen LogP contribution in [0.1, 0.15) is 11.3 Å². The monoisotopic (exact) mass is 158 g/mol. The van der Waals surface area contributed by atoms with E-state index in [-0.39, 0.29) is 0 Å². The summed E-state index contributed by atoms with van der Waals surface area (Å²) in [5, 5.41) is 0. The minimum absolute atomic E-state index is 0.861. The summed E-state index contributed by atoms with van der Waals surface area (Å²) in [5.74, 6) is 0. The zero-order chi connectivity index (χ0) is 8.81. The molecule has 0 radical (unpaired) electrons. The third-order valence-electron chi connectivity index (χ3n) is 1.38. The molecule has 60 valence electrons. The van der Waals surface area contributed by atoms with E-state index in [4.69, 9.17) is 0 Å². The molecule has 0 aliphatic heterocycles. The van der Waals surface area contributed by atoms with Crippen LogP contribution >= 0.6 is 0 Å². The summed E-state index contributed by atoms with van der Waals surface area (Å²) in [7, 11) is 0. The highest BCUT2D eigenvalue weighted by atomic mass is 14.8. The largest absolute Gasteiger partial charge is 0.244 e. The highest BCUT2D eigenvalue weighted by Crippen LogP contribution is 2.06. The van der Waals surface area contributed by atoms with Gasteiger partial charge in [-0.15, -0.1) is 0 Å². The quantitative estimate of drug-likeness (QED) is 0.631. The summed E-state index contributed by atoms with van der Waals surface area (Å²) in [6.45, 7) is 7.24. The molecular formula is C10H10N2. The molecule has 0 aromatic carbocycles. The average molecular weight is 158 g/mol. The van der Waals surface area contributed by atoms with Gasteiger partial charge in [0.05, 0.1) is 5.69 Å². The molecule has 0 fully saturated rings. The molecule has 12 heavy (non-hydrogen) atoms. The van der Waals surface area contributed by atoms with Crippen molar-refractivity contribution in [3.05, 3.63) is 49.1 Å². The fourth-order valence-corrected chi connectivity index (χ4v) is 0.806. The Morgan fingerprint density at radius 2 is 2.17 bits per heavy atom. The zero-order valence-electron chi connectivity index (χ0n) is 6.77. The lowest BCUT2D eigenvalue weighted by Gasteiger charge is -1.95. The van der Waals surface area contributed by atoms with Crippen molar-refractivity contribution in [3.8, 4) is 0 Å². The molecule has 1 aromatic heterocycles. The molecule has 0 spiro atoms. The second kappa shape index (κ2) is 4.23. The zero-order valence-corrected chi connectivity index (χ0v) is 6.77. The number of allylic oxidation sites excluding steroid dienone is 2. The molecule has 0 unspecified atom stereocenters. The van der Waals surface area contributed by atoms with Gasteiger partial charge in [0.15, 0.2) is 0 Å². The third kappa shape index (κ3) is 1.89. The second-order valence-electron chi connectivity index (χ2n) is 2.16. The molecule has 0 saturated carbocycles. The van der Waals surface area contributed by atoms with Crippen LogP contribution in [0.2, 0.25) is 0 Å². The third-order valence-corrected chi connectivity index (χ3v) is 1.38. The Balaban J connectivity index is 3.04. The Labute approximate surface area is 72.0 Å². The molecule has 2 heteroatoms. The fraction of sp³-hybridized carbons (Fsp3) is 0. The van der Waals surface area contributed by atoms with Crippen LogP contribution in [0.4, 0.5) is 0 Å². The fourth-order valence-electron chi connectivity index (χ4n) is 0.806. The summed E-state index contributed by atoms with van der Waals surface area (Å²) < 4.78 is 0. The second-order valence-corrected chi connectivity index (χ2v) is 2.16. The van der Waals surface area contributed by atoms with Gasteiger partial charge in [-0.2, -0.15) is 0 Å². The summed E-state index contributed by atoms with van der Waals surface area (Å²) in [6.07, 6.45) is 10.4. The Kier molecular flexibility index (Phi) is 2.96. The van der Waals surface area contributed by atoms with E-state index in [0.29, 0.717) is 0 Å². The SMILES string of the molecule is C=C/C=C\c1ncncc1C=C. The molecule has 0 bridgehead atoms. The van der Waals surface area contributed by atoms with Crippen LogP contribution in [0.25, 0.3) is 12.2 Å². The number of rotatable bonds is 3. The summed E-state index contributed by atoms with van der Waals surface area (Å²) in [6, 6.07) is 0. The van der Waals surface area contributed by atoms with Crippen molar-refractivity contribution in [1.29, 1.82) is 0 Å². The van der Waals surface area contributed by atoms with Crippen molar-refractivity contribution in [2.24, 2.45) is 0 Å². The molecular weight excluding hydrogens is 148 g/mol. The van der Waals surface area contributed by atoms with E-state index in [1.807, 2.05) is 12.2 Å². The first-order valence-corrected chi connectivity index (χ1v) is 3.60. The van der Waals surface area contributed by atoms with Gasteiger partial charge < -0.3 is 0 Å². The first kappa shape index (κ1) is 8.40. The molecule has 0 aliphatic carbocycles. The van der Waals surface area contributed by atoms with Gasteiger partial charge in [-0.05, 0) is 6.08 Å². The van der Waals surface area contributed by atoms with E-state index < -0.39 is 0 Å². The van der Waals surface area contributed by atoms with Gasteiger partial charge in [-0.1, -0.05) is 31.4 Å². The van der Waals surface area contributed by atoms with Crippen LogP contribution in [0.5, 0.6) is 0 Å². The van der Waals surface area contributed by atoms with Crippen molar-refractivity contribution in [2.45, 2.75) is 0 Å². The van der Waals surface area contributed by atoms with E-state index in [1.165, 1.54) is 6.33 Å². The number of hydrogen-bond donors (Lipinski definition) is 0. The van der Waals surface area contributed by atoms with Gasteiger partial charge in [-0.25, -0.2) is 9.97 Å². The Morgan fingerprint density at radius 1 is 1.33 bits per heavy atom. The van der Waals surface area contributed by atoms with E-state index >= 15 is 0 Å². The topological polar surface area (TPSA) is 25.8 Å². The molecule has 2 nitrogen and oxygen atoms in total. The van der Waals surface area contributed by atoms with Crippen LogP contribution in [0, 0.1) is 0 Å². The summed E-state index contributed by atoms with van der Waals surface area (Å²) >= 11 is 0. The first-order chi connectivity index (χ1) is 5.88. The van der Waals surface area contributed by atoms with Crippen LogP contribution in [-0.4, -0.2) is 9.97 Å². The highest BCUT2D eigenvalue weighted by molar-refractivity contribution is 5.60. The average Bonchev–Trinajstić information content (AvgIpc) is 2.15. The minimum atomic E-state index is 0.861. The van der Waals surface area contributed by atoms with Gasteiger partial charge in [0, 0.05) is 11.8 Å². The lowest BCUT2D eigenvalue weighted by atomic mass is 10.2. The molecule has 1 rings (SSSR count). The number of nitrogens with zero attached hydrogens (tertiary/aromatic N) is 2. The van der Waals surface area contributed by atoms with E-state index in [9.17, 15) is 0 Å². The molecule has 0 N–H and O–H groups in total. The van der Waals surface area contributed by atoms with E-state index in [0.717, 1.165) is 11.3 Å². The van der Waals surface area contributed by atoms with Crippen molar-refractivity contribution in [2.75, 3.05) is 0 Å². The van der Waals surface area contributed by atoms with Gasteiger partial charge in [0.25, 0.3) is 0 Å². The smallest absolute Gasteiger partial charge is 0.116 e. The Bertz CT molecular complexity index is 313. The summed E-state index contributed by atoms with van der Waals surface area (Å²) in [5.41, 5.74) is 1.79. The van der Waals surface area contributed by atoms with E-state index in [1.54, 1.807) is 18.3 Å². The molecule has 0 atom stereocenters. The molecule has 0 saturated heterocycles. The number of hydrogen-bond acceptors (Lipinski definition) is 2. The minimum Gasteiger partial charge on any atom is -0.244 e. The van der Waals surface area contributed by atoms with Gasteiger partial charge in [0.1, 0.15) is 6.33 Å².